The fourth-order valence-electron chi connectivity index (χ4n) is 4.17. The monoisotopic (exact) mass is 463 g/mol. The molecule has 1 aliphatic rings. The molecule has 8 heteroatoms. The number of nitrogens with two attached hydrogens (primary N) is 1. The summed E-state index contributed by atoms with van der Waals surface area (Å²) in [4.78, 5) is 39.8. The van der Waals surface area contributed by atoms with Crippen molar-refractivity contribution in [1.82, 2.24) is 4.90 Å². The molecule has 0 radical (unpaired) electrons. The number of carbonyl (C=O) groups is 3. The van der Waals surface area contributed by atoms with Crippen molar-refractivity contribution in [3.05, 3.63) is 65.2 Å². The number of hydrogen-bond donors (Lipinski definition) is 2. The topological polar surface area (TPSA) is 134 Å². The molecule has 178 valence electrons. The molecule has 34 heavy (non-hydrogen) atoms. The van der Waals surface area contributed by atoms with Crippen LogP contribution >= 0.6 is 0 Å². The normalized spacial score (nSPS) is 16.1. The summed E-state index contributed by atoms with van der Waals surface area (Å²) in [6.45, 7) is 3.87. The van der Waals surface area contributed by atoms with Crippen molar-refractivity contribution in [2.45, 2.75) is 51.1 Å². The maximum Gasteiger partial charge on any atom is 0.326 e. The van der Waals surface area contributed by atoms with Gasteiger partial charge >= 0.3 is 5.97 Å². The minimum atomic E-state index is -1.32. The molecule has 0 saturated heterocycles. The van der Waals surface area contributed by atoms with Crippen molar-refractivity contribution in [3.63, 3.8) is 0 Å². The molecule has 3 N–H and O–H groups in total. The minimum Gasteiger partial charge on any atom is -0.493 e. The Bertz CT molecular complexity index is 1090. The van der Waals surface area contributed by atoms with Crippen LogP contribution in [0.5, 0.6) is 5.75 Å². The van der Waals surface area contributed by atoms with Crippen molar-refractivity contribution >= 4 is 17.8 Å². The van der Waals surface area contributed by atoms with Gasteiger partial charge in [0.25, 0.3) is 0 Å². The maximum absolute atomic E-state index is 13.5. The smallest absolute Gasteiger partial charge is 0.326 e. The van der Waals surface area contributed by atoms with E-state index in [0.717, 1.165) is 10.5 Å². The average Bonchev–Trinajstić information content (AvgIpc) is 3.20. The third kappa shape index (κ3) is 5.80. The van der Waals surface area contributed by atoms with Crippen LogP contribution in [-0.4, -0.2) is 46.5 Å². The molecule has 0 aliphatic carbocycles. The van der Waals surface area contributed by atoms with Gasteiger partial charge in [-0.05, 0) is 42.5 Å². The summed E-state index contributed by atoms with van der Waals surface area (Å²) in [7, 11) is 0. The molecule has 3 rings (SSSR count). The standard InChI is InChI=1S/C26H29N3O5/c1-16(2)10-22(26(32)33)29(25(31)21(28)12-17-6-4-3-5-7-17)24(30)13-19-15-34-23-9-8-18(14-27)11-20(19)23/h3-9,11,16,19,21-22H,10,12-13,15,28H2,1-2H3,(H,32,33). The van der Waals surface area contributed by atoms with E-state index in [1.54, 1.807) is 18.2 Å². The fraction of sp³-hybridized carbons (Fsp3) is 0.385. The van der Waals surface area contributed by atoms with Crippen LogP contribution in [0.2, 0.25) is 0 Å². The summed E-state index contributed by atoms with van der Waals surface area (Å²) in [6.07, 6.45) is 0.160. The number of imide groups is 1. The Hall–Kier alpha value is -3.70. The zero-order valence-corrected chi connectivity index (χ0v) is 19.3. The van der Waals surface area contributed by atoms with Crippen LogP contribution in [0.15, 0.2) is 48.5 Å². The highest BCUT2D eigenvalue weighted by atomic mass is 16.5. The summed E-state index contributed by atoms with van der Waals surface area (Å²) in [5, 5.41) is 19.1. The van der Waals surface area contributed by atoms with Crippen LogP contribution in [0.4, 0.5) is 0 Å². The molecule has 0 fully saturated rings. The van der Waals surface area contributed by atoms with Crippen LogP contribution in [0.1, 0.15) is 49.3 Å². The third-order valence-corrected chi connectivity index (χ3v) is 5.85. The Kier molecular flexibility index (Phi) is 8.03. The van der Waals surface area contributed by atoms with Gasteiger partial charge in [-0.25, -0.2) is 4.79 Å². The molecule has 3 unspecified atom stereocenters. The van der Waals surface area contributed by atoms with E-state index in [1.165, 1.54) is 0 Å². The number of ether oxygens (including phenoxy) is 1. The number of fused-ring (bicyclic) bond motifs is 1. The molecule has 1 heterocycles. The van der Waals surface area contributed by atoms with Crippen molar-refractivity contribution in [3.8, 4) is 11.8 Å². The Morgan fingerprint density at radius 1 is 1.21 bits per heavy atom. The number of carbonyl (C=O) groups excluding carboxylic acids is 2. The van der Waals surface area contributed by atoms with Crippen LogP contribution in [0.3, 0.4) is 0 Å². The molecule has 2 aromatic rings. The van der Waals surface area contributed by atoms with Gasteiger partial charge in [-0.2, -0.15) is 5.26 Å². The molecule has 2 aromatic carbocycles. The lowest BCUT2D eigenvalue weighted by Crippen LogP contribution is -2.55. The van der Waals surface area contributed by atoms with Gasteiger partial charge in [0.05, 0.1) is 24.3 Å². The number of carboxylic acid groups (broad SMARTS) is 1. The van der Waals surface area contributed by atoms with Gasteiger partial charge in [0.1, 0.15) is 11.8 Å². The van der Waals surface area contributed by atoms with Gasteiger partial charge in [-0.15, -0.1) is 0 Å². The predicted octanol–water partition coefficient (Wildman–Crippen LogP) is 2.85. The van der Waals surface area contributed by atoms with E-state index in [1.807, 2.05) is 44.2 Å². The molecule has 0 aromatic heterocycles. The molecule has 1 aliphatic heterocycles. The summed E-state index contributed by atoms with van der Waals surface area (Å²) in [5.41, 5.74) is 8.13. The van der Waals surface area contributed by atoms with E-state index >= 15 is 0 Å². The molecular weight excluding hydrogens is 434 g/mol. The lowest BCUT2D eigenvalue weighted by atomic mass is 9.94. The lowest BCUT2D eigenvalue weighted by Gasteiger charge is -2.31. The summed E-state index contributed by atoms with van der Waals surface area (Å²) >= 11 is 0. The second kappa shape index (κ2) is 10.9. The van der Waals surface area contributed by atoms with E-state index in [0.29, 0.717) is 16.9 Å². The van der Waals surface area contributed by atoms with Gasteiger partial charge in [-0.1, -0.05) is 44.2 Å². The van der Waals surface area contributed by atoms with Crippen molar-refractivity contribution in [2.75, 3.05) is 6.61 Å². The number of aliphatic carboxylic acids is 1. The maximum atomic E-state index is 13.5. The molecule has 0 saturated carbocycles. The van der Waals surface area contributed by atoms with Crippen LogP contribution in [0.25, 0.3) is 0 Å². The van der Waals surface area contributed by atoms with E-state index in [4.69, 9.17) is 10.5 Å². The highest BCUT2D eigenvalue weighted by Crippen LogP contribution is 2.37. The van der Waals surface area contributed by atoms with Gasteiger partial charge in [0, 0.05) is 17.9 Å². The Morgan fingerprint density at radius 2 is 1.91 bits per heavy atom. The van der Waals surface area contributed by atoms with Gasteiger partial charge in [-0.3, -0.25) is 14.5 Å². The third-order valence-electron chi connectivity index (χ3n) is 5.85. The summed E-state index contributed by atoms with van der Waals surface area (Å²) in [5.74, 6) is -2.48. The van der Waals surface area contributed by atoms with Crippen molar-refractivity contribution < 1.29 is 24.2 Å². The SMILES string of the molecule is CC(C)CC(C(=O)O)N(C(=O)CC1COc2ccc(C#N)cc21)C(=O)C(N)Cc1ccccc1. The van der Waals surface area contributed by atoms with E-state index in [2.05, 4.69) is 6.07 Å². The molecule has 8 nitrogen and oxygen atoms in total. The Morgan fingerprint density at radius 3 is 2.53 bits per heavy atom. The average molecular weight is 464 g/mol. The first kappa shape index (κ1) is 24.9. The second-order valence-electron chi connectivity index (χ2n) is 8.96. The Balaban J connectivity index is 1.87. The summed E-state index contributed by atoms with van der Waals surface area (Å²) < 4.78 is 5.64. The van der Waals surface area contributed by atoms with E-state index < -0.39 is 35.8 Å². The zero-order valence-electron chi connectivity index (χ0n) is 19.3. The molecule has 2 amide bonds. The first-order valence-electron chi connectivity index (χ1n) is 11.3. The quantitative estimate of drug-likeness (QED) is 0.584. The first-order valence-corrected chi connectivity index (χ1v) is 11.3. The molecular formula is C26H29N3O5. The van der Waals surface area contributed by atoms with Crippen LogP contribution in [-0.2, 0) is 20.8 Å². The lowest BCUT2D eigenvalue weighted by molar-refractivity contribution is -0.159. The predicted molar refractivity (Wildman–Crippen MR) is 125 cm³/mol. The largest absolute Gasteiger partial charge is 0.493 e. The number of benzene rings is 2. The van der Waals surface area contributed by atoms with Gasteiger partial charge in [0.2, 0.25) is 11.8 Å². The highest BCUT2D eigenvalue weighted by Gasteiger charge is 2.39. The molecule has 0 bridgehead atoms. The minimum absolute atomic E-state index is 0.0664. The zero-order chi connectivity index (χ0) is 24.8. The van der Waals surface area contributed by atoms with Gasteiger partial charge in [0.15, 0.2) is 0 Å². The van der Waals surface area contributed by atoms with E-state index in [-0.39, 0.29) is 31.8 Å². The molecule has 0 spiro atoms. The number of nitrogens with zero attached hydrogens (tertiary/aromatic N) is 2. The fourth-order valence-corrected chi connectivity index (χ4v) is 4.17. The van der Waals surface area contributed by atoms with Gasteiger partial charge < -0.3 is 15.6 Å². The first-order chi connectivity index (χ1) is 16.2. The van der Waals surface area contributed by atoms with E-state index in [9.17, 15) is 24.8 Å². The van der Waals surface area contributed by atoms with Crippen LogP contribution < -0.4 is 10.5 Å². The number of nitriles is 1. The van der Waals surface area contributed by atoms with Crippen molar-refractivity contribution in [1.29, 1.82) is 5.26 Å². The number of amides is 2. The number of carboxylic acids is 1. The Labute approximate surface area is 198 Å². The second-order valence-corrected chi connectivity index (χ2v) is 8.96. The molecule has 3 atom stereocenters. The number of hydrogen-bond acceptors (Lipinski definition) is 6. The summed E-state index contributed by atoms with van der Waals surface area (Å²) in [6, 6.07) is 13.8. The van der Waals surface area contributed by atoms with Crippen LogP contribution in [0, 0.1) is 17.2 Å². The van der Waals surface area contributed by atoms with Crippen molar-refractivity contribution in [2.24, 2.45) is 11.7 Å². The highest BCUT2D eigenvalue weighted by molar-refractivity contribution is 6.01. The number of rotatable bonds is 9.